The maximum atomic E-state index is 13.4. The van der Waals surface area contributed by atoms with E-state index in [0.29, 0.717) is 54.5 Å². The summed E-state index contributed by atoms with van der Waals surface area (Å²) in [5, 5.41) is 12.4. The summed E-state index contributed by atoms with van der Waals surface area (Å²) in [5.41, 5.74) is 1.97. The number of aliphatic hydroxyl groups is 1. The molecule has 4 rings (SSSR count). The van der Waals surface area contributed by atoms with Gasteiger partial charge in [0.05, 0.1) is 17.4 Å². The van der Waals surface area contributed by atoms with Gasteiger partial charge >= 0.3 is 0 Å². The highest BCUT2D eigenvalue weighted by Crippen LogP contribution is 2.19. The van der Waals surface area contributed by atoms with Crippen LogP contribution in [0.15, 0.2) is 47.3 Å². The lowest BCUT2D eigenvalue weighted by molar-refractivity contribution is -0.135. The van der Waals surface area contributed by atoms with E-state index < -0.39 is 6.61 Å². The van der Waals surface area contributed by atoms with Crippen LogP contribution in [-0.4, -0.2) is 62.5 Å². The molecule has 0 atom stereocenters. The van der Waals surface area contributed by atoms with Crippen LogP contribution in [0.3, 0.4) is 0 Å². The van der Waals surface area contributed by atoms with Crippen LogP contribution in [0.5, 0.6) is 0 Å². The zero-order valence-electron chi connectivity index (χ0n) is 20.0. The summed E-state index contributed by atoms with van der Waals surface area (Å²) in [6.07, 6.45) is 1.75. The first-order valence-corrected chi connectivity index (χ1v) is 11.8. The highest BCUT2D eigenvalue weighted by Gasteiger charge is 2.25. The summed E-state index contributed by atoms with van der Waals surface area (Å²) in [7, 11) is 1.75. The molecule has 1 aliphatic rings. The van der Waals surface area contributed by atoms with Gasteiger partial charge in [-0.25, -0.2) is 0 Å². The number of ketones is 1. The molecule has 1 saturated heterocycles. The second-order valence-corrected chi connectivity index (χ2v) is 8.84. The molecule has 9 heteroatoms. The second kappa shape index (κ2) is 10.3. The molecular formula is C26H30N4O5. The number of likely N-dealkylation sites (tertiary alicyclic amines) is 1. The highest BCUT2D eigenvalue weighted by molar-refractivity contribution is 5.99. The van der Waals surface area contributed by atoms with E-state index >= 15 is 0 Å². The smallest absolute Gasteiger partial charge is 0.268 e. The average Bonchev–Trinajstić information content (AvgIpc) is 3.22. The standard InChI is InChI=1S/C26H30N4O5/c1-3-19-13-21-20(26(35)30(19)15-23(32)17-7-5-4-6-8-17)14-22(28(21)2)25(34)27-18-9-11-29(12-10-18)24(33)16-31/h4-8,13-14,18,31H,3,9-12,15-16H2,1-2H3,(H,27,34). The number of fused-ring (bicyclic) bond motifs is 1. The molecule has 0 saturated carbocycles. The molecule has 3 heterocycles. The van der Waals surface area contributed by atoms with Gasteiger partial charge in [-0.2, -0.15) is 0 Å². The zero-order chi connectivity index (χ0) is 25.1. The molecule has 0 aliphatic carbocycles. The molecule has 0 bridgehead atoms. The van der Waals surface area contributed by atoms with Crippen molar-refractivity contribution in [2.24, 2.45) is 7.05 Å². The van der Waals surface area contributed by atoms with Crippen molar-refractivity contribution in [2.45, 2.75) is 38.8 Å². The fraction of sp³-hybridized carbons (Fsp3) is 0.385. The van der Waals surface area contributed by atoms with Gasteiger partial charge in [0.15, 0.2) is 5.78 Å². The average molecular weight is 479 g/mol. The largest absolute Gasteiger partial charge is 0.387 e. The Kier molecular flexibility index (Phi) is 7.16. The Balaban J connectivity index is 1.58. The van der Waals surface area contributed by atoms with E-state index in [4.69, 9.17) is 5.11 Å². The van der Waals surface area contributed by atoms with Crippen molar-refractivity contribution < 1.29 is 19.5 Å². The molecule has 2 N–H and O–H groups in total. The number of aromatic nitrogens is 2. The van der Waals surface area contributed by atoms with Gasteiger partial charge in [-0.1, -0.05) is 37.3 Å². The number of pyridine rings is 1. The first-order chi connectivity index (χ1) is 16.8. The van der Waals surface area contributed by atoms with Gasteiger partial charge < -0.3 is 24.5 Å². The van der Waals surface area contributed by atoms with Crippen LogP contribution in [0, 0.1) is 0 Å². The molecule has 2 aromatic heterocycles. The summed E-state index contributed by atoms with van der Waals surface area (Å²) < 4.78 is 3.20. The number of Topliss-reactive ketones (excluding diaryl/α,β-unsaturated/α-hetero) is 1. The van der Waals surface area contributed by atoms with E-state index in [2.05, 4.69) is 5.32 Å². The number of piperidine rings is 1. The van der Waals surface area contributed by atoms with Crippen LogP contribution >= 0.6 is 0 Å². The van der Waals surface area contributed by atoms with Crippen molar-refractivity contribution in [3.63, 3.8) is 0 Å². The normalized spacial score (nSPS) is 14.3. The third-order valence-corrected chi connectivity index (χ3v) is 6.72. The number of benzene rings is 1. The quantitative estimate of drug-likeness (QED) is 0.500. The zero-order valence-corrected chi connectivity index (χ0v) is 20.0. The second-order valence-electron chi connectivity index (χ2n) is 8.84. The molecular weight excluding hydrogens is 448 g/mol. The van der Waals surface area contributed by atoms with Crippen molar-refractivity contribution in [1.29, 1.82) is 0 Å². The summed E-state index contributed by atoms with van der Waals surface area (Å²) in [4.78, 5) is 52.5. The summed E-state index contributed by atoms with van der Waals surface area (Å²) >= 11 is 0. The van der Waals surface area contributed by atoms with Crippen LogP contribution in [0.4, 0.5) is 0 Å². The van der Waals surface area contributed by atoms with E-state index in [9.17, 15) is 19.2 Å². The lowest BCUT2D eigenvalue weighted by Crippen LogP contribution is -2.47. The number of aliphatic hydroxyl groups excluding tert-OH is 1. The summed E-state index contributed by atoms with van der Waals surface area (Å²) in [6.45, 7) is 2.29. The molecule has 1 aromatic carbocycles. The van der Waals surface area contributed by atoms with Crippen LogP contribution in [-0.2, 0) is 24.8 Å². The number of hydrogen-bond donors (Lipinski definition) is 2. The molecule has 35 heavy (non-hydrogen) atoms. The predicted molar refractivity (Wildman–Crippen MR) is 131 cm³/mol. The monoisotopic (exact) mass is 478 g/mol. The van der Waals surface area contributed by atoms with Crippen molar-refractivity contribution in [1.82, 2.24) is 19.4 Å². The number of rotatable bonds is 7. The Morgan fingerprint density at radius 3 is 2.40 bits per heavy atom. The topological polar surface area (TPSA) is 114 Å². The highest BCUT2D eigenvalue weighted by atomic mass is 16.3. The first-order valence-electron chi connectivity index (χ1n) is 11.8. The molecule has 0 unspecified atom stereocenters. The molecule has 184 valence electrons. The van der Waals surface area contributed by atoms with E-state index in [1.54, 1.807) is 46.8 Å². The van der Waals surface area contributed by atoms with Crippen molar-refractivity contribution in [3.8, 4) is 0 Å². The maximum absolute atomic E-state index is 13.4. The van der Waals surface area contributed by atoms with Crippen molar-refractivity contribution >= 4 is 28.5 Å². The van der Waals surface area contributed by atoms with Crippen LogP contribution in [0.2, 0.25) is 0 Å². The van der Waals surface area contributed by atoms with Crippen LogP contribution < -0.4 is 10.9 Å². The Labute approximate surface area is 203 Å². The molecule has 2 amide bonds. The SMILES string of the molecule is CCc1cc2c(cc(C(=O)NC3CCN(C(=O)CO)CC3)n2C)c(=O)n1CC(=O)c1ccccc1. The van der Waals surface area contributed by atoms with E-state index in [1.165, 1.54) is 4.57 Å². The predicted octanol–water partition coefficient (Wildman–Crippen LogP) is 1.50. The number of amides is 2. The van der Waals surface area contributed by atoms with Gasteiger partial charge in [-0.3, -0.25) is 19.2 Å². The lowest BCUT2D eigenvalue weighted by Gasteiger charge is -2.32. The Morgan fingerprint density at radius 2 is 1.77 bits per heavy atom. The minimum Gasteiger partial charge on any atom is -0.387 e. The Morgan fingerprint density at radius 1 is 1.09 bits per heavy atom. The van der Waals surface area contributed by atoms with Gasteiger partial charge in [0.25, 0.3) is 11.5 Å². The van der Waals surface area contributed by atoms with Crippen molar-refractivity contribution in [2.75, 3.05) is 19.7 Å². The molecule has 3 aromatic rings. The van der Waals surface area contributed by atoms with E-state index in [0.717, 1.165) is 5.69 Å². The molecule has 9 nitrogen and oxygen atoms in total. The van der Waals surface area contributed by atoms with Gasteiger partial charge in [0.2, 0.25) is 5.91 Å². The number of nitrogens with one attached hydrogen (secondary N) is 1. The number of carbonyl (C=O) groups excluding carboxylic acids is 3. The molecule has 1 fully saturated rings. The Bertz CT molecular complexity index is 1320. The lowest BCUT2D eigenvalue weighted by atomic mass is 10.0. The fourth-order valence-electron chi connectivity index (χ4n) is 4.65. The molecule has 0 radical (unpaired) electrons. The molecule has 1 aliphatic heterocycles. The van der Waals surface area contributed by atoms with Crippen molar-refractivity contribution in [3.05, 3.63) is 69.8 Å². The number of carbonyl (C=O) groups is 3. The minimum atomic E-state index is -0.513. The number of nitrogens with zero attached hydrogens (tertiary/aromatic N) is 3. The first kappa shape index (κ1) is 24.4. The van der Waals surface area contributed by atoms with Crippen LogP contribution in [0.25, 0.3) is 10.9 Å². The summed E-state index contributed by atoms with van der Waals surface area (Å²) in [6, 6.07) is 12.2. The molecule has 0 spiro atoms. The van der Waals surface area contributed by atoms with E-state index in [-0.39, 0.29) is 35.7 Å². The van der Waals surface area contributed by atoms with Gasteiger partial charge in [-0.05, 0) is 31.4 Å². The van der Waals surface area contributed by atoms with E-state index in [1.807, 2.05) is 19.1 Å². The van der Waals surface area contributed by atoms with Gasteiger partial charge in [0, 0.05) is 37.4 Å². The summed E-state index contributed by atoms with van der Waals surface area (Å²) in [5.74, 6) is -0.751. The van der Waals surface area contributed by atoms with Gasteiger partial charge in [0.1, 0.15) is 12.3 Å². The number of hydrogen-bond acceptors (Lipinski definition) is 5. The van der Waals surface area contributed by atoms with Crippen LogP contribution in [0.1, 0.15) is 46.3 Å². The minimum absolute atomic E-state index is 0.0660. The number of aryl methyl sites for hydroxylation is 2. The van der Waals surface area contributed by atoms with Gasteiger partial charge in [-0.15, -0.1) is 0 Å². The third kappa shape index (κ3) is 4.90. The third-order valence-electron chi connectivity index (χ3n) is 6.72. The maximum Gasteiger partial charge on any atom is 0.268 e. The Hall–Kier alpha value is -3.72. The fourth-order valence-corrected chi connectivity index (χ4v) is 4.65.